The van der Waals surface area contributed by atoms with Gasteiger partial charge in [0.25, 0.3) is 0 Å². The zero-order valence-corrected chi connectivity index (χ0v) is 9.84. The van der Waals surface area contributed by atoms with E-state index in [4.69, 9.17) is 0 Å². The average Bonchev–Trinajstić information content (AvgIpc) is 2.60. The average molecular weight is 229 g/mol. The number of pyridine rings is 1. The first-order valence-electron chi connectivity index (χ1n) is 5.96. The maximum Gasteiger partial charge on any atom is 0.320 e. The molecule has 0 spiro atoms. The van der Waals surface area contributed by atoms with Crippen molar-refractivity contribution < 1.29 is 4.79 Å². The number of likely N-dealkylation sites (N-methyl/N-ethyl adjacent to an activating group) is 1. The molecule has 3 heterocycles. The number of carbonyl (C=O) groups is 1. The second kappa shape index (κ2) is 3.87. The van der Waals surface area contributed by atoms with Gasteiger partial charge in [0.1, 0.15) is 0 Å². The fraction of sp³-hybridized carbons (Fsp3) is 0.385. The minimum Gasteiger partial charge on any atom is -0.318 e. The van der Waals surface area contributed by atoms with Crippen molar-refractivity contribution >= 4 is 11.6 Å². The zero-order chi connectivity index (χ0) is 11.8. The molecule has 2 bridgehead atoms. The van der Waals surface area contributed by atoms with Crippen LogP contribution in [0.15, 0.2) is 30.6 Å². The molecule has 0 radical (unpaired) electrons. The number of carbonyl (C=O) groups excluding carboxylic acids is 1. The van der Waals surface area contributed by atoms with Gasteiger partial charge in [0.2, 0.25) is 0 Å². The van der Waals surface area contributed by atoms with Gasteiger partial charge in [-0.1, -0.05) is 6.08 Å². The van der Waals surface area contributed by atoms with Gasteiger partial charge in [0.15, 0.2) is 0 Å². The van der Waals surface area contributed by atoms with E-state index in [2.05, 4.69) is 11.1 Å². The van der Waals surface area contributed by atoms with Gasteiger partial charge in [-0.05, 0) is 30.2 Å². The van der Waals surface area contributed by atoms with Crippen LogP contribution < -0.4 is 0 Å². The van der Waals surface area contributed by atoms with Gasteiger partial charge in [0, 0.05) is 32.0 Å². The van der Waals surface area contributed by atoms with Crippen molar-refractivity contribution in [2.24, 2.45) is 0 Å². The van der Waals surface area contributed by atoms with Crippen molar-refractivity contribution in [2.75, 3.05) is 19.6 Å². The van der Waals surface area contributed by atoms with E-state index in [9.17, 15) is 4.79 Å². The summed E-state index contributed by atoms with van der Waals surface area (Å²) in [6.07, 6.45) is 5.81. The van der Waals surface area contributed by atoms with E-state index < -0.39 is 0 Å². The molecule has 0 saturated carbocycles. The molecule has 0 aromatic carbocycles. The van der Waals surface area contributed by atoms with E-state index in [-0.39, 0.29) is 12.1 Å². The second-order valence-electron chi connectivity index (χ2n) is 4.44. The molecule has 2 aliphatic heterocycles. The van der Waals surface area contributed by atoms with Crippen molar-refractivity contribution in [1.82, 2.24) is 14.8 Å². The summed E-state index contributed by atoms with van der Waals surface area (Å²) in [4.78, 5) is 19.9. The van der Waals surface area contributed by atoms with E-state index in [1.54, 1.807) is 12.4 Å². The third kappa shape index (κ3) is 1.60. The van der Waals surface area contributed by atoms with E-state index >= 15 is 0 Å². The number of urea groups is 1. The summed E-state index contributed by atoms with van der Waals surface area (Å²) in [5.41, 5.74) is 2.40. The molecule has 0 aliphatic carbocycles. The standard InChI is InChI=1S/C13H15N3O/c1-2-16-12-7-11(8-15(9-12)13(16)17)10-3-5-14-6-4-10/h3-7,12H,2,8-9H2,1H3. The number of hydrogen-bond acceptors (Lipinski definition) is 2. The predicted octanol–water partition coefficient (Wildman–Crippen LogP) is 1.60. The first-order chi connectivity index (χ1) is 8.29. The highest BCUT2D eigenvalue weighted by atomic mass is 16.2. The minimum atomic E-state index is 0.165. The van der Waals surface area contributed by atoms with Gasteiger partial charge >= 0.3 is 6.03 Å². The van der Waals surface area contributed by atoms with Crippen LogP contribution in [0.4, 0.5) is 4.79 Å². The Bertz CT molecular complexity index is 469. The molecule has 17 heavy (non-hydrogen) atoms. The van der Waals surface area contributed by atoms with Crippen LogP contribution in [0.3, 0.4) is 0 Å². The van der Waals surface area contributed by atoms with Crippen LogP contribution in [-0.4, -0.2) is 46.5 Å². The van der Waals surface area contributed by atoms with Crippen molar-refractivity contribution in [1.29, 1.82) is 0 Å². The Labute approximate surface area is 101 Å². The Morgan fingerprint density at radius 3 is 2.88 bits per heavy atom. The summed E-state index contributed by atoms with van der Waals surface area (Å²) in [6, 6.07) is 4.40. The van der Waals surface area contributed by atoms with E-state index in [0.29, 0.717) is 0 Å². The normalized spacial score (nSPS) is 23.0. The first kappa shape index (κ1) is 10.3. The number of amides is 2. The van der Waals surface area contributed by atoms with Gasteiger partial charge in [-0.3, -0.25) is 4.98 Å². The van der Waals surface area contributed by atoms with Gasteiger partial charge < -0.3 is 9.80 Å². The summed E-state index contributed by atoms with van der Waals surface area (Å²) in [5.74, 6) is 0. The Balaban J connectivity index is 1.93. The quantitative estimate of drug-likeness (QED) is 0.772. The lowest BCUT2D eigenvalue weighted by Gasteiger charge is -2.21. The summed E-state index contributed by atoms with van der Waals surface area (Å²) >= 11 is 0. The Morgan fingerprint density at radius 1 is 1.41 bits per heavy atom. The van der Waals surface area contributed by atoms with E-state index in [1.165, 1.54) is 11.1 Å². The third-order valence-corrected chi connectivity index (χ3v) is 3.47. The lowest BCUT2D eigenvalue weighted by molar-refractivity contribution is 0.196. The highest BCUT2D eigenvalue weighted by Gasteiger charge is 2.38. The molecular formula is C13H15N3O. The molecule has 4 nitrogen and oxygen atoms in total. The highest BCUT2D eigenvalue weighted by molar-refractivity contribution is 5.83. The molecule has 88 valence electrons. The molecule has 1 saturated heterocycles. The highest BCUT2D eigenvalue weighted by Crippen LogP contribution is 2.28. The molecule has 4 heteroatoms. The van der Waals surface area contributed by atoms with Gasteiger partial charge in [-0.25, -0.2) is 4.79 Å². The third-order valence-electron chi connectivity index (χ3n) is 3.47. The number of hydrogen-bond donors (Lipinski definition) is 0. The van der Waals surface area contributed by atoms with Crippen LogP contribution in [0.1, 0.15) is 12.5 Å². The maximum atomic E-state index is 12.0. The molecule has 2 aliphatic rings. The van der Waals surface area contributed by atoms with Crippen LogP contribution >= 0.6 is 0 Å². The Kier molecular flexibility index (Phi) is 2.35. The summed E-state index contributed by atoms with van der Waals surface area (Å²) in [7, 11) is 0. The fourth-order valence-electron chi connectivity index (χ4n) is 2.61. The van der Waals surface area contributed by atoms with E-state index in [0.717, 1.165) is 19.6 Å². The van der Waals surface area contributed by atoms with Crippen LogP contribution in [0, 0.1) is 0 Å². The van der Waals surface area contributed by atoms with E-state index in [1.807, 2.05) is 28.9 Å². The monoisotopic (exact) mass is 229 g/mol. The van der Waals surface area contributed by atoms with Crippen molar-refractivity contribution in [3.8, 4) is 0 Å². The van der Waals surface area contributed by atoms with Crippen molar-refractivity contribution in [2.45, 2.75) is 13.0 Å². The largest absolute Gasteiger partial charge is 0.320 e. The second-order valence-corrected chi connectivity index (χ2v) is 4.44. The maximum absolute atomic E-state index is 12.0. The SMILES string of the molecule is CCN1C(=O)N2CC(c3ccncc3)=CC1C2. The van der Waals surface area contributed by atoms with Crippen LogP contribution in [-0.2, 0) is 0 Å². The van der Waals surface area contributed by atoms with Gasteiger partial charge in [-0.2, -0.15) is 0 Å². The number of fused-ring (bicyclic) bond motifs is 2. The number of aromatic nitrogens is 1. The topological polar surface area (TPSA) is 36.4 Å². The number of rotatable bonds is 2. The number of nitrogens with zero attached hydrogens (tertiary/aromatic N) is 3. The minimum absolute atomic E-state index is 0.165. The summed E-state index contributed by atoms with van der Waals surface area (Å²) in [5, 5.41) is 0. The van der Waals surface area contributed by atoms with Crippen molar-refractivity contribution in [3.63, 3.8) is 0 Å². The molecular weight excluding hydrogens is 214 g/mol. The molecule has 1 aromatic rings. The predicted molar refractivity (Wildman–Crippen MR) is 65.4 cm³/mol. The summed E-state index contributed by atoms with van der Waals surface area (Å²) in [6.45, 7) is 4.36. The molecule has 0 N–H and O–H groups in total. The zero-order valence-electron chi connectivity index (χ0n) is 9.84. The molecule has 1 fully saturated rings. The smallest absolute Gasteiger partial charge is 0.318 e. The van der Waals surface area contributed by atoms with Crippen LogP contribution in [0.25, 0.3) is 5.57 Å². The lowest BCUT2D eigenvalue weighted by atomic mass is 10.0. The molecule has 1 atom stereocenters. The molecule has 1 unspecified atom stereocenters. The summed E-state index contributed by atoms with van der Waals surface area (Å²) < 4.78 is 0. The Hall–Kier alpha value is -1.84. The van der Waals surface area contributed by atoms with Crippen LogP contribution in [0.2, 0.25) is 0 Å². The lowest BCUT2D eigenvalue weighted by Crippen LogP contribution is -2.32. The fourth-order valence-corrected chi connectivity index (χ4v) is 2.61. The first-order valence-corrected chi connectivity index (χ1v) is 5.96. The Morgan fingerprint density at radius 2 is 2.18 bits per heavy atom. The van der Waals surface area contributed by atoms with Crippen LogP contribution in [0.5, 0.6) is 0 Å². The molecule has 2 amide bonds. The van der Waals surface area contributed by atoms with Crippen molar-refractivity contribution in [3.05, 3.63) is 36.2 Å². The van der Waals surface area contributed by atoms with Gasteiger partial charge in [-0.15, -0.1) is 0 Å². The molecule has 3 rings (SSSR count). The van der Waals surface area contributed by atoms with Gasteiger partial charge in [0.05, 0.1) is 6.04 Å². The molecule has 1 aromatic heterocycles.